The van der Waals surface area contributed by atoms with Gasteiger partial charge in [0.2, 0.25) is 5.91 Å². The second-order valence-electron chi connectivity index (χ2n) is 7.06. The van der Waals surface area contributed by atoms with Crippen molar-refractivity contribution in [3.63, 3.8) is 0 Å². The first kappa shape index (κ1) is 21.8. The topological polar surface area (TPSA) is 99.7 Å². The molecule has 2 aromatic rings. The van der Waals surface area contributed by atoms with Crippen LogP contribution in [0.25, 0.3) is 0 Å². The number of hydrazone groups is 1. The summed E-state index contributed by atoms with van der Waals surface area (Å²) in [5.41, 5.74) is 7.80. The lowest BCUT2D eigenvalue weighted by atomic mass is 10.0. The average Bonchev–Trinajstić information content (AvgIpc) is 2.64. The zero-order valence-corrected chi connectivity index (χ0v) is 17.3. The van der Waals surface area contributed by atoms with Crippen LogP contribution in [0.3, 0.4) is 0 Å². The smallest absolute Gasteiger partial charge is 0.325 e. The second-order valence-corrected chi connectivity index (χ2v) is 7.06. The lowest BCUT2D eigenvalue weighted by Crippen LogP contribution is -2.33. The monoisotopic (exact) mass is 394 g/mol. The van der Waals surface area contributed by atoms with E-state index in [0.29, 0.717) is 11.4 Å². The molecule has 152 valence electrons. The first-order valence-corrected chi connectivity index (χ1v) is 9.25. The molecule has 3 N–H and O–H groups in total. The molecule has 0 saturated carbocycles. The molecule has 0 unspecified atom stereocenters. The van der Waals surface area contributed by atoms with Crippen LogP contribution in [0.2, 0.25) is 0 Å². The van der Waals surface area contributed by atoms with E-state index in [9.17, 15) is 14.4 Å². The van der Waals surface area contributed by atoms with Gasteiger partial charge in [-0.05, 0) is 57.4 Å². The first-order valence-electron chi connectivity index (χ1n) is 9.25. The van der Waals surface area contributed by atoms with E-state index in [2.05, 4.69) is 21.2 Å². The Hall–Kier alpha value is -3.48. The van der Waals surface area contributed by atoms with Crippen molar-refractivity contribution < 1.29 is 14.4 Å². The van der Waals surface area contributed by atoms with Gasteiger partial charge in [0.15, 0.2) is 0 Å². The summed E-state index contributed by atoms with van der Waals surface area (Å²) < 4.78 is 0. The highest BCUT2D eigenvalue weighted by molar-refractivity contribution is 6.39. The van der Waals surface area contributed by atoms with E-state index in [0.717, 1.165) is 27.9 Å². The van der Waals surface area contributed by atoms with Crippen LogP contribution in [0.5, 0.6) is 0 Å². The van der Waals surface area contributed by atoms with Crippen molar-refractivity contribution in [1.82, 2.24) is 5.43 Å². The van der Waals surface area contributed by atoms with Crippen LogP contribution in [-0.2, 0) is 14.4 Å². The van der Waals surface area contributed by atoms with Crippen LogP contribution < -0.4 is 16.1 Å². The minimum Gasteiger partial charge on any atom is -0.325 e. The number of anilines is 2. The molecule has 7 heteroatoms. The van der Waals surface area contributed by atoms with E-state index in [1.807, 2.05) is 52.0 Å². The molecule has 0 radical (unpaired) electrons. The lowest BCUT2D eigenvalue weighted by Gasteiger charge is -2.12. The van der Waals surface area contributed by atoms with Crippen molar-refractivity contribution in [3.05, 3.63) is 58.7 Å². The number of nitrogens with zero attached hydrogens (tertiary/aromatic N) is 1. The Morgan fingerprint density at radius 1 is 0.862 bits per heavy atom. The molecule has 0 aliphatic heterocycles. The SMILES string of the molecule is CC(CC(=O)Nc1c(C)cc(C)cc1C)=NNC(=O)C(=O)Nc1ccccc1C. The maximum atomic E-state index is 12.3. The predicted molar refractivity (Wildman–Crippen MR) is 115 cm³/mol. The van der Waals surface area contributed by atoms with Gasteiger partial charge in [-0.2, -0.15) is 5.10 Å². The van der Waals surface area contributed by atoms with Gasteiger partial charge in [-0.3, -0.25) is 14.4 Å². The molecule has 3 amide bonds. The zero-order valence-electron chi connectivity index (χ0n) is 17.3. The summed E-state index contributed by atoms with van der Waals surface area (Å²) in [6, 6.07) is 11.1. The fourth-order valence-corrected chi connectivity index (χ4v) is 2.92. The van der Waals surface area contributed by atoms with Gasteiger partial charge in [0.05, 0.1) is 6.42 Å². The molecule has 29 heavy (non-hydrogen) atoms. The lowest BCUT2D eigenvalue weighted by molar-refractivity contribution is -0.136. The molecular formula is C22H26N4O3. The van der Waals surface area contributed by atoms with Crippen LogP contribution >= 0.6 is 0 Å². The highest BCUT2D eigenvalue weighted by Gasteiger charge is 2.15. The highest BCUT2D eigenvalue weighted by Crippen LogP contribution is 2.22. The molecule has 2 aromatic carbocycles. The molecule has 0 bridgehead atoms. The standard InChI is InChI=1S/C22H26N4O3/c1-13-10-15(3)20(16(4)11-13)24-19(27)12-17(5)25-26-22(29)21(28)23-18-9-7-6-8-14(18)2/h6-11H,12H2,1-5H3,(H,23,28)(H,24,27)(H,26,29). The summed E-state index contributed by atoms with van der Waals surface area (Å²) in [5.74, 6) is -1.98. The van der Waals surface area contributed by atoms with Crippen LogP contribution in [0, 0.1) is 27.7 Å². The summed E-state index contributed by atoms with van der Waals surface area (Å²) in [4.78, 5) is 36.2. The first-order chi connectivity index (χ1) is 13.7. The fourth-order valence-electron chi connectivity index (χ4n) is 2.92. The maximum Gasteiger partial charge on any atom is 0.329 e. The number of amides is 3. The summed E-state index contributed by atoms with van der Waals surface area (Å²) in [7, 11) is 0. The molecule has 7 nitrogen and oxygen atoms in total. The number of nitrogens with one attached hydrogen (secondary N) is 3. The summed E-state index contributed by atoms with van der Waals surface area (Å²) in [6.45, 7) is 9.30. The predicted octanol–water partition coefficient (Wildman–Crippen LogP) is 3.38. The number of aryl methyl sites for hydroxylation is 4. The van der Waals surface area contributed by atoms with Gasteiger partial charge in [0, 0.05) is 17.1 Å². The Balaban J connectivity index is 1.91. The minimum absolute atomic E-state index is 0.00749. The number of para-hydroxylation sites is 1. The molecular weight excluding hydrogens is 368 g/mol. The molecule has 0 saturated heterocycles. The molecule has 0 fully saturated rings. The van der Waals surface area contributed by atoms with E-state index in [4.69, 9.17) is 0 Å². The number of benzene rings is 2. The minimum atomic E-state index is -0.904. The molecule has 0 aliphatic rings. The number of carbonyl (C=O) groups excluding carboxylic acids is 3. The fraction of sp³-hybridized carbons (Fsp3) is 0.273. The number of carbonyl (C=O) groups is 3. The van der Waals surface area contributed by atoms with Crippen LogP contribution in [0.15, 0.2) is 41.5 Å². The van der Waals surface area contributed by atoms with E-state index in [-0.39, 0.29) is 12.3 Å². The summed E-state index contributed by atoms with van der Waals surface area (Å²) in [6.07, 6.45) is -0.00749. The van der Waals surface area contributed by atoms with Gasteiger partial charge in [0.25, 0.3) is 0 Å². The normalized spacial score (nSPS) is 11.0. The van der Waals surface area contributed by atoms with Gasteiger partial charge in [0.1, 0.15) is 0 Å². The van der Waals surface area contributed by atoms with Crippen molar-refractivity contribution in [3.8, 4) is 0 Å². The average molecular weight is 394 g/mol. The van der Waals surface area contributed by atoms with Crippen molar-refractivity contribution in [2.75, 3.05) is 10.6 Å². The maximum absolute atomic E-state index is 12.3. The third-order valence-electron chi connectivity index (χ3n) is 4.31. The second kappa shape index (κ2) is 9.64. The van der Waals surface area contributed by atoms with Gasteiger partial charge >= 0.3 is 11.8 Å². The Morgan fingerprint density at radius 3 is 2.10 bits per heavy atom. The van der Waals surface area contributed by atoms with Gasteiger partial charge in [-0.15, -0.1) is 0 Å². The molecule has 2 rings (SSSR count). The zero-order chi connectivity index (χ0) is 21.6. The molecule has 0 aliphatic carbocycles. The molecule has 0 spiro atoms. The number of hydrogen-bond acceptors (Lipinski definition) is 4. The van der Waals surface area contributed by atoms with Crippen LogP contribution in [0.4, 0.5) is 11.4 Å². The highest BCUT2D eigenvalue weighted by atomic mass is 16.2. The van der Waals surface area contributed by atoms with E-state index in [1.165, 1.54) is 0 Å². The Kier molecular flexibility index (Phi) is 7.25. The molecule has 0 aromatic heterocycles. The van der Waals surface area contributed by atoms with Crippen LogP contribution in [-0.4, -0.2) is 23.4 Å². The van der Waals surface area contributed by atoms with Gasteiger partial charge in [-0.25, -0.2) is 5.43 Å². The Morgan fingerprint density at radius 2 is 1.48 bits per heavy atom. The summed E-state index contributed by atoms with van der Waals surface area (Å²) in [5, 5.41) is 9.24. The third-order valence-corrected chi connectivity index (χ3v) is 4.31. The van der Waals surface area contributed by atoms with Crippen molar-refractivity contribution in [2.45, 2.75) is 41.0 Å². The van der Waals surface area contributed by atoms with Crippen LogP contribution in [0.1, 0.15) is 35.6 Å². The van der Waals surface area contributed by atoms with Crippen molar-refractivity contribution >= 4 is 34.8 Å². The van der Waals surface area contributed by atoms with E-state index >= 15 is 0 Å². The number of hydrogen-bond donors (Lipinski definition) is 3. The largest absolute Gasteiger partial charge is 0.329 e. The van der Waals surface area contributed by atoms with E-state index < -0.39 is 11.8 Å². The molecule has 0 heterocycles. The summed E-state index contributed by atoms with van der Waals surface area (Å²) >= 11 is 0. The quantitative estimate of drug-likeness (QED) is 0.412. The van der Waals surface area contributed by atoms with Crippen molar-refractivity contribution in [1.29, 1.82) is 0 Å². The van der Waals surface area contributed by atoms with Crippen molar-refractivity contribution in [2.24, 2.45) is 5.10 Å². The van der Waals surface area contributed by atoms with Gasteiger partial charge < -0.3 is 10.6 Å². The Bertz CT molecular complexity index is 957. The third kappa shape index (κ3) is 6.27. The Labute approximate surface area is 170 Å². The molecule has 0 atom stereocenters. The van der Waals surface area contributed by atoms with E-state index in [1.54, 1.807) is 19.1 Å². The number of rotatable bonds is 5. The van der Waals surface area contributed by atoms with Gasteiger partial charge in [-0.1, -0.05) is 35.9 Å².